The maximum absolute atomic E-state index is 11.5. The Bertz CT molecular complexity index is 363. The summed E-state index contributed by atoms with van der Waals surface area (Å²) >= 11 is 0. The van der Waals surface area contributed by atoms with Crippen molar-refractivity contribution in [3.63, 3.8) is 0 Å². The van der Waals surface area contributed by atoms with Crippen molar-refractivity contribution < 1.29 is 9.90 Å². The zero-order chi connectivity index (χ0) is 11.3. The molecule has 15 heavy (non-hydrogen) atoms. The second kappa shape index (κ2) is 5.21. The summed E-state index contributed by atoms with van der Waals surface area (Å²) in [6.45, 7) is 1.70. The van der Waals surface area contributed by atoms with Crippen molar-refractivity contribution in [2.24, 2.45) is 5.18 Å². The van der Waals surface area contributed by atoms with Gasteiger partial charge in [0.05, 0.1) is 11.7 Å². The molecule has 0 aliphatic carbocycles. The number of carbonyl (C=O) groups is 1. The largest absolute Gasteiger partial charge is 0.392 e. The van der Waals surface area contributed by atoms with Crippen molar-refractivity contribution in [2.75, 3.05) is 6.54 Å². The molecule has 1 rings (SSSR count). The fourth-order valence-electron chi connectivity index (χ4n) is 1.08. The Morgan fingerprint density at radius 1 is 1.53 bits per heavy atom. The van der Waals surface area contributed by atoms with Gasteiger partial charge in [0.1, 0.15) is 5.69 Å². The van der Waals surface area contributed by atoms with Crippen LogP contribution in [0.3, 0.4) is 0 Å². The van der Waals surface area contributed by atoms with Gasteiger partial charge in [0.15, 0.2) is 0 Å². The maximum Gasteiger partial charge on any atom is 0.253 e. The molecule has 0 aromatic heterocycles. The molecule has 1 aromatic rings. The second-order valence-electron chi connectivity index (χ2n) is 3.17. The Morgan fingerprint density at radius 3 is 2.80 bits per heavy atom. The molecule has 0 aliphatic heterocycles. The van der Waals surface area contributed by atoms with E-state index >= 15 is 0 Å². The minimum Gasteiger partial charge on any atom is -0.392 e. The summed E-state index contributed by atoms with van der Waals surface area (Å²) in [5, 5.41) is 14.2. The molecular weight excluding hydrogens is 196 g/mol. The molecular formula is C10H12N2O3. The SMILES string of the molecule is CC(O)CNC(=O)c1ccccc1N=O. The van der Waals surface area contributed by atoms with E-state index < -0.39 is 12.0 Å². The highest BCUT2D eigenvalue weighted by Crippen LogP contribution is 2.17. The van der Waals surface area contributed by atoms with Crippen LogP contribution in [0, 0.1) is 4.91 Å². The molecule has 0 aliphatic rings. The maximum atomic E-state index is 11.5. The first-order chi connectivity index (χ1) is 7.15. The molecule has 0 bridgehead atoms. The van der Waals surface area contributed by atoms with Crippen molar-refractivity contribution in [3.8, 4) is 0 Å². The van der Waals surface area contributed by atoms with Gasteiger partial charge in [-0.25, -0.2) is 0 Å². The third-order valence-corrected chi connectivity index (χ3v) is 1.81. The number of nitrogens with one attached hydrogen (secondary N) is 1. The second-order valence-corrected chi connectivity index (χ2v) is 3.17. The van der Waals surface area contributed by atoms with Gasteiger partial charge in [-0.15, -0.1) is 4.91 Å². The molecule has 5 heteroatoms. The summed E-state index contributed by atoms with van der Waals surface area (Å²) < 4.78 is 0. The van der Waals surface area contributed by atoms with Crippen LogP contribution in [0.1, 0.15) is 17.3 Å². The number of aliphatic hydroxyl groups is 1. The molecule has 1 aromatic carbocycles. The van der Waals surface area contributed by atoms with Gasteiger partial charge in [-0.1, -0.05) is 12.1 Å². The summed E-state index contributed by atoms with van der Waals surface area (Å²) in [6.07, 6.45) is -0.620. The summed E-state index contributed by atoms with van der Waals surface area (Å²) in [5.41, 5.74) is 0.314. The van der Waals surface area contributed by atoms with Gasteiger partial charge in [-0.05, 0) is 24.2 Å². The molecule has 80 valence electrons. The van der Waals surface area contributed by atoms with Crippen molar-refractivity contribution >= 4 is 11.6 Å². The van der Waals surface area contributed by atoms with Gasteiger partial charge in [0.25, 0.3) is 5.91 Å². The van der Waals surface area contributed by atoms with E-state index in [0.29, 0.717) is 0 Å². The Hall–Kier alpha value is -1.75. The quantitative estimate of drug-likeness (QED) is 0.729. The van der Waals surface area contributed by atoms with Crippen LogP contribution >= 0.6 is 0 Å². The summed E-state index contributed by atoms with van der Waals surface area (Å²) in [7, 11) is 0. The molecule has 0 saturated carbocycles. The number of nitrogens with zero attached hydrogens (tertiary/aromatic N) is 1. The van der Waals surface area contributed by atoms with E-state index in [1.54, 1.807) is 19.1 Å². The number of amides is 1. The van der Waals surface area contributed by atoms with E-state index in [2.05, 4.69) is 10.5 Å². The highest BCUT2D eigenvalue weighted by Gasteiger charge is 2.11. The number of carbonyl (C=O) groups excluding carboxylic acids is 1. The average Bonchev–Trinajstić information content (AvgIpc) is 2.25. The van der Waals surface area contributed by atoms with E-state index in [9.17, 15) is 9.70 Å². The Morgan fingerprint density at radius 2 is 2.20 bits per heavy atom. The Labute approximate surface area is 87.1 Å². The lowest BCUT2D eigenvalue weighted by atomic mass is 10.1. The standard InChI is InChI=1S/C10H12N2O3/c1-7(13)6-11-10(14)8-4-2-3-5-9(8)12-15/h2-5,7,13H,6H2,1H3,(H,11,14). The molecule has 0 heterocycles. The minimum atomic E-state index is -0.620. The van der Waals surface area contributed by atoms with Gasteiger partial charge in [0, 0.05) is 6.54 Å². The summed E-state index contributed by atoms with van der Waals surface area (Å²) in [5.74, 6) is -0.411. The van der Waals surface area contributed by atoms with Crippen molar-refractivity contribution in [2.45, 2.75) is 13.0 Å². The van der Waals surface area contributed by atoms with Crippen LogP contribution in [0.2, 0.25) is 0 Å². The van der Waals surface area contributed by atoms with Gasteiger partial charge in [-0.2, -0.15) is 0 Å². The van der Waals surface area contributed by atoms with Crippen LogP contribution in [-0.4, -0.2) is 23.7 Å². The Balaban J connectivity index is 2.77. The zero-order valence-corrected chi connectivity index (χ0v) is 8.30. The first-order valence-electron chi connectivity index (χ1n) is 4.54. The molecule has 1 amide bonds. The third kappa shape index (κ3) is 3.14. The highest BCUT2D eigenvalue weighted by molar-refractivity contribution is 5.98. The van der Waals surface area contributed by atoms with Crippen LogP contribution < -0.4 is 5.32 Å². The molecule has 0 radical (unpaired) electrons. The van der Waals surface area contributed by atoms with E-state index in [1.165, 1.54) is 12.1 Å². The van der Waals surface area contributed by atoms with Crippen LogP contribution in [0.15, 0.2) is 29.4 Å². The van der Waals surface area contributed by atoms with Crippen molar-refractivity contribution in [3.05, 3.63) is 34.7 Å². The summed E-state index contributed by atoms with van der Waals surface area (Å²) in [6, 6.07) is 6.24. The fourth-order valence-corrected chi connectivity index (χ4v) is 1.08. The number of rotatable bonds is 4. The number of aliphatic hydroxyl groups excluding tert-OH is 1. The number of benzene rings is 1. The zero-order valence-electron chi connectivity index (χ0n) is 8.30. The lowest BCUT2D eigenvalue weighted by Crippen LogP contribution is -2.30. The van der Waals surface area contributed by atoms with Crippen LogP contribution in [0.5, 0.6) is 0 Å². The number of nitroso groups, excluding NO2 is 1. The van der Waals surface area contributed by atoms with Crippen LogP contribution in [0.25, 0.3) is 0 Å². The van der Waals surface area contributed by atoms with Gasteiger partial charge < -0.3 is 10.4 Å². The topological polar surface area (TPSA) is 78.8 Å². The van der Waals surface area contributed by atoms with Crippen molar-refractivity contribution in [1.29, 1.82) is 0 Å². The predicted molar refractivity (Wildman–Crippen MR) is 55.9 cm³/mol. The molecule has 1 atom stereocenters. The Kier molecular flexibility index (Phi) is 3.93. The third-order valence-electron chi connectivity index (χ3n) is 1.81. The van der Waals surface area contributed by atoms with E-state index in [0.717, 1.165) is 0 Å². The lowest BCUT2D eigenvalue weighted by molar-refractivity contribution is 0.0924. The number of hydrogen-bond donors (Lipinski definition) is 2. The first kappa shape index (κ1) is 11.3. The number of hydrogen-bond acceptors (Lipinski definition) is 4. The van der Waals surface area contributed by atoms with Crippen LogP contribution in [-0.2, 0) is 0 Å². The molecule has 5 nitrogen and oxygen atoms in total. The molecule has 0 fully saturated rings. The molecule has 0 saturated heterocycles. The van der Waals surface area contributed by atoms with Gasteiger partial charge in [-0.3, -0.25) is 4.79 Å². The van der Waals surface area contributed by atoms with Gasteiger partial charge >= 0.3 is 0 Å². The molecule has 1 unspecified atom stereocenters. The van der Waals surface area contributed by atoms with E-state index in [4.69, 9.17) is 5.11 Å². The smallest absolute Gasteiger partial charge is 0.253 e. The van der Waals surface area contributed by atoms with Gasteiger partial charge in [0.2, 0.25) is 0 Å². The fraction of sp³-hybridized carbons (Fsp3) is 0.300. The average molecular weight is 208 g/mol. The van der Waals surface area contributed by atoms with E-state index in [-0.39, 0.29) is 17.8 Å². The first-order valence-corrected chi connectivity index (χ1v) is 4.54. The normalized spacial score (nSPS) is 11.9. The van der Waals surface area contributed by atoms with Crippen molar-refractivity contribution in [1.82, 2.24) is 5.32 Å². The molecule has 2 N–H and O–H groups in total. The predicted octanol–water partition coefficient (Wildman–Crippen LogP) is 1.20. The van der Waals surface area contributed by atoms with Crippen LogP contribution in [0.4, 0.5) is 5.69 Å². The summed E-state index contributed by atoms with van der Waals surface area (Å²) in [4.78, 5) is 21.9. The minimum absolute atomic E-state index is 0.0978. The highest BCUT2D eigenvalue weighted by atomic mass is 16.3. The monoisotopic (exact) mass is 208 g/mol. The van der Waals surface area contributed by atoms with E-state index in [1.807, 2.05) is 0 Å². The molecule has 0 spiro atoms. The lowest BCUT2D eigenvalue weighted by Gasteiger charge is -2.07.